The van der Waals surface area contributed by atoms with E-state index in [4.69, 9.17) is 28.3 Å². The largest absolute Gasteiger partial charge is 0.396 e. The second-order valence-electron chi connectivity index (χ2n) is 2.55. The van der Waals surface area contributed by atoms with Crippen LogP contribution in [0.15, 0.2) is 0 Å². The van der Waals surface area contributed by atoms with Gasteiger partial charge >= 0.3 is 0 Å². The fraction of sp³-hybridized carbons (Fsp3) is 0.571. The van der Waals surface area contributed by atoms with Gasteiger partial charge in [-0.25, -0.2) is 0 Å². The third-order valence-electron chi connectivity index (χ3n) is 1.45. The first-order valence-corrected chi connectivity index (χ1v) is 4.90. The maximum Gasteiger partial charge on any atom is 0.228 e. The van der Waals surface area contributed by atoms with Crippen molar-refractivity contribution in [2.24, 2.45) is 0 Å². The van der Waals surface area contributed by atoms with Crippen LogP contribution >= 0.6 is 23.2 Å². The first-order chi connectivity index (χ1) is 6.72. The molecule has 1 rings (SSSR count). The van der Waals surface area contributed by atoms with E-state index in [2.05, 4.69) is 20.3 Å². The van der Waals surface area contributed by atoms with Gasteiger partial charge < -0.3 is 10.4 Å². The minimum absolute atomic E-state index is 0.0645. The van der Waals surface area contributed by atoms with Crippen LogP contribution < -0.4 is 5.32 Å². The van der Waals surface area contributed by atoms with Crippen LogP contribution in [0.5, 0.6) is 0 Å². The lowest BCUT2D eigenvalue weighted by molar-refractivity contribution is 0.286. The van der Waals surface area contributed by atoms with E-state index >= 15 is 0 Å². The lowest BCUT2D eigenvalue weighted by atomic mass is 10.3. The SMILES string of the molecule is OCCCCNc1nc(Cl)nc(Cl)n1. The second kappa shape index (κ2) is 5.95. The van der Waals surface area contributed by atoms with E-state index < -0.39 is 0 Å². The molecular weight excluding hydrogens is 227 g/mol. The molecule has 0 fully saturated rings. The van der Waals surface area contributed by atoms with Gasteiger partial charge in [0.05, 0.1) is 0 Å². The summed E-state index contributed by atoms with van der Waals surface area (Å²) in [5.74, 6) is 0.355. The van der Waals surface area contributed by atoms with E-state index in [1.807, 2.05) is 0 Å². The highest BCUT2D eigenvalue weighted by atomic mass is 35.5. The number of nitrogens with one attached hydrogen (secondary N) is 1. The zero-order valence-corrected chi connectivity index (χ0v) is 8.89. The Morgan fingerprint density at radius 2 is 1.71 bits per heavy atom. The van der Waals surface area contributed by atoms with Gasteiger partial charge in [-0.3, -0.25) is 0 Å². The molecule has 7 heteroatoms. The quantitative estimate of drug-likeness (QED) is 0.756. The summed E-state index contributed by atoms with van der Waals surface area (Å²) >= 11 is 11.1. The van der Waals surface area contributed by atoms with E-state index in [1.54, 1.807) is 0 Å². The Hall–Kier alpha value is -0.650. The molecule has 1 heterocycles. The van der Waals surface area contributed by atoms with E-state index in [9.17, 15) is 0 Å². The Morgan fingerprint density at radius 3 is 2.29 bits per heavy atom. The van der Waals surface area contributed by atoms with Crippen LogP contribution in [-0.4, -0.2) is 33.2 Å². The number of aliphatic hydroxyl groups excluding tert-OH is 1. The second-order valence-corrected chi connectivity index (χ2v) is 3.23. The van der Waals surface area contributed by atoms with Gasteiger partial charge in [0.25, 0.3) is 0 Å². The molecule has 0 unspecified atom stereocenters. The molecule has 0 atom stereocenters. The average Bonchev–Trinajstić information content (AvgIpc) is 2.11. The van der Waals surface area contributed by atoms with Crippen molar-refractivity contribution >= 4 is 29.2 Å². The number of nitrogens with zero attached hydrogens (tertiary/aromatic N) is 3. The minimum Gasteiger partial charge on any atom is -0.396 e. The highest BCUT2D eigenvalue weighted by Gasteiger charge is 2.01. The summed E-state index contributed by atoms with van der Waals surface area (Å²) in [5.41, 5.74) is 0. The molecule has 78 valence electrons. The number of unbranched alkanes of at least 4 members (excludes halogenated alkanes) is 1. The predicted octanol–water partition coefficient (Wildman–Crippen LogP) is 1.36. The third-order valence-corrected chi connectivity index (χ3v) is 1.79. The molecule has 2 N–H and O–H groups in total. The van der Waals surface area contributed by atoms with E-state index in [0.717, 1.165) is 12.8 Å². The van der Waals surface area contributed by atoms with Crippen molar-refractivity contribution in [2.75, 3.05) is 18.5 Å². The summed E-state index contributed by atoms with van der Waals surface area (Å²) in [6, 6.07) is 0. The standard InChI is InChI=1S/C7H10Cl2N4O/c8-5-11-6(9)13-7(12-5)10-3-1-2-4-14/h14H,1-4H2,(H,10,11,12,13). The Bertz CT molecular complexity index is 277. The van der Waals surface area contributed by atoms with Crippen LogP contribution in [0.1, 0.15) is 12.8 Å². The number of anilines is 1. The maximum absolute atomic E-state index is 8.54. The van der Waals surface area contributed by atoms with Gasteiger partial charge in [-0.1, -0.05) is 0 Å². The molecule has 0 bridgehead atoms. The molecule has 1 aromatic rings. The van der Waals surface area contributed by atoms with E-state index in [-0.39, 0.29) is 17.2 Å². The molecule has 0 aliphatic heterocycles. The van der Waals surface area contributed by atoms with Gasteiger partial charge in [-0.05, 0) is 36.0 Å². The van der Waals surface area contributed by atoms with Crippen LogP contribution in [-0.2, 0) is 0 Å². The van der Waals surface area contributed by atoms with Crippen molar-refractivity contribution < 1.29 is 5.11 Å². The zero-order valence-electron chi connectivity index (χ0n) is 7.37. The summed E-state index contributed by atoms with van der Waals surface area (Å²) < 4.78 is 0. The Balaban J connectivity index is 2.42. The summed E-state index contributed by atoms with van der Waals surface area (Å²) in [5, 5.41) is 11.6. The number of halogens is 2. The van der Waals surface area contributed by atoms with Crippen molar-refractivity contribution in [3.63, 3.8) is 0 Å². The Morgan fingerprint density at radius 1 is 1.07 bits per heavy atom. The van der Waals surface area contributed by atoms with Crippen molar-refractivity contribution in [2.45, 2.75) is 12.8 Å². The first kappa shape index (κ1) is 11.4. The first-order valence-electron chi connectivity index (χ1n) is 4.14. The summed E-state index contributed by atoms with van der Waals surface area (Å²) in [6.07, 6.45) is 1.57. The van der Waals surface area contributed by atoms with Crippen molar-refractivity contribution in [1.29, 1.82) is 0 Å². The Labute approximate surface area is 91.5 Å². The maximum atomic E-state index is 8.54. The zero-order chi connectivity index (χ0) is 10.4. The normalized spacial score (nSPS) is 10.2. The van der Waals surface area contributed by atoms with Crippen LogP contribution in [0, 0.1) is 0 Å². The highest BCUT2D eigenvalue weighted by Crippen LogP contribution is 2.09. The Kier molecular flexibility index (Phi) is 4.86. The molecule has 0 radical (unpaired) electrons. The van der Waals surface area contributed by atoms with E-state index in [0.29, 0.717) is 12.5 Å². The molecule has 1 aromatic heterocycles. The van der Waals surface area contributed by atoms with Gasteiger partial charge in [0.15, 0.2) is 0 Å². The fourth-order valence-electron chi connectivity index (χ4n) is 0.842. The number of rotatable bonds is 5. The number of hydrogen-bond acceptors (Lipinski definition) is 5. The molecule has 0 aliphatic carbocycles. The summed E-state index contributed by atoms with van der Waals surface area (Å²) in [4.78, 5) is 11.2. The number of hydrogen-bond donors (Lipinski definition) is 2. The highest BCUT2D eigenvalue weighted by molar-refractivity contribution is 6.31. The molecule has 0 aliphatic rings. The predicted molar refractivity (Wildman–Crippen MR) is 54.7 cm³/mol. The average molecular weight is 237 g/mol. The third kappa shape index (κ3) is 4.04. The van der Waals surface area contributed by atoms with Crippen molar-refractivity contribution in [3.8, 4) is 0 Å². The monoisotopic (exact) mass is 236 g/mol. The van der Waals surface area contributed by atoms with Crippen LogP contribution in [0.2, 0.25) is 10.6 Å². The topological polar surface area (TPSA) is 70.9 Å². The van der Waals surface area contributed by atoms with Gasteiger partial charge in [-0.2, -0.15) is 15.0 Å². The molecule has 0 spiro atoms. The van der Waals surface area contributed by atoms with Gasteiger partial charge in [0.2, 0.25) is 16.5 Å². The molecule has 5 nitrogen and oxygen atoms in total. The van der Waals surface area contributed by atoms with Crippen LogP contribution in [0.25, 0.3) is 0 Å². The lowest BCUT2D eigenvalue weighted by Crippen LogP contribution is -2.06. The van der Waals surface area contributed by atoms with Gasteiger partial charge in [0.1, 0.15) is 0 Å². The molecule has 0 saturated heterocycles. The molecule has 14 heavy (non-hydrogen) atoms. The van der Waals surface area contributed by atoms with Crippen LogP contribution in [0.4, 0.5) is 5.95 Å². The summed E-state index contributed by atoms with van der Waals surface area (Å²) in [7, 11) is 0. The minimum atomic E-state index is 0.0645. The number of aromatic nitrogens is 3. The molecule has 0 amide bonds. The fourth-order valence-corrected chi connectivity index (χ4v) is 1.21. The summed E-state index contributed by atoms with van der Waals surface area (Å²) in [6.45, 7) is 0.845. The number of aliphatic hydroxyl groups is 1. The van der Waals surface area contributed by atoms with Crippen LogP contribution in [0.3, 0.4) is 0 Å². The van der Waals surface area contributed by atoms with Gasteiger partial charge in [-0.15, -0.1) is 0 Å². The van der Waals surface area contributed by atoms with E-state index in [1.165, 1.54) is 0 Å². The van der Waals surface area contributed by atoms with Crippen molar-refractivity contribution in [1.82, 2.24) is 15.0 Å². The molecular formula is C7H10Cl2N4O. The van der Waals surface area contributed by atoms with Gasteiger partial charge in [0, 0.05) is 13.2 Å². The lowest BCUT2D eigenvalue weighted by Gasteiger charge is -2.03. The molecule has 0 saturated carbocycles. The smallest absolute Gasteiger partial charge is 0.228 e. The molecule has 0 aromatic carbocycles. The van der Waals surface area contributed by atoms with Crippen molar-refractivity contribution in [3.05, 3.63) is 10.6 Å².